The van der Waals surface area contributed by atoms with Crippen LogP contribution in [0.4, 0.5) is 4.39 Å². The summed E-state index contributed by atoms with van der Waals surface area (Å²) in [6.45, 7) is 3.52. The molecular formula is C22H25FN2O4. The van der Waals surface area contributed by atoms with Crippen molar-refractivity contribution >= 4 is 11.8 Å². The van der Waals surface area contributed by atoms with Crippen LogP contribution in [0.3, 0.4) is 0 Å². The highest BCUT2D eigenvalue weighted by Gasteiger charge is 2.49. The van der Waals surface area contributed by atoms with Crippen molar-refractivity contribution in [2.24, 2.45) is 5.41 Å². The Bertz CT molecular complexity index is 941. The summed E-state index contributed by atoms with van der Waals surface area (Å²) >= 11 is 0. The lowest BCUT2D eigenvalue weighted by Crippen LogP contribution is -2.50. The van der Waals surface area contributed by atoms with E-state index < -0.39 is 5.41 Å². The molecule has 2 saturated heterocycles. The first kappa shape index (κ1) is 19.5. The van der Waals surface area contributed by atoms with Crippen molar-refractivity contribution in [3.63, 3.8) is 0 Å². The third-order valence-corrected chi connectivity index (χ3v) is 6.14. The maximum atomic E-state index is 14.3. The SMILES string of the molecule is COc1ccc(F)c(CN2CCC[C@@]3(CCN(C(=O)c4occc4C)C3)C2=O)c1. The lowest BCUT2D eigenvalue weighted by Gasteiger charge is -2.39. The monoisotopic (exact) mass is 400 g/mol. The zero-order valence-electron chi connectivity index (χ0n) is 16.7. The van der Waals surface area contributed by atoms with E-state index in [9.17, 15) is 14.0 Å². The third-order valence-electron chi connectivity index (χ3n) is 6.14. The van der Waals surface area contributed by atoms with Gasteiger partial charge in [0.1, 0.15) is 11.6 Å². The number of piperidine rings is 1. The van der Waals surface area contributed by atoms with E-state index in [1.54, 1.807) is 28.0 Å². The zero-order valence-corrected chi connectivity index (χ0v) is 16.7. The van der Waals surface area contributed by atoms with E-state index in [2.05, 4.69) is 0 Å². The fraction of sp³-hybridized carbons (Fsp3) is 0.455. The maximum absolute atomic E-state index is 14.3. The number of likely N-dealkylation sites (tertiary alicyclic amines) is 2. The molecule has 0 N–H and O–H groups in total. The first-order valence-electron chi connectivity index (χ1n) is 9.89. The summed E-state index contributed by atoms with van der Waals surface area (Å²) in [7, 11) is 1.53. The number of furan rings is 1. The van der Waals surface area contributed by atoms with Gasteiger partial charge in [0.15, 0.2) is 5.76 Å². The molecule has 2 fully saturated rings. The van der Waals surface area contributed by atoms with Crippen LogP contribution in [0, 0.1) is 18.2 Å². The second kappa shape index (κ2) is 7.54. The fourth-order valence-electron chi connectivity index (χ4n) is 4.47. The Morgan fingerprint density at radius 2 is 2.10 bits per heavy atom. The van der Waals surface area contributed by atoms with Crippen LogP contribution in [-0.4, -0.2) is 48.4 Å². The van der Waals surface area contributed by atoms with Gasteiger partial charge in [0.2, 0.25) is 5.91 Å². The van der Waals surface area contributed by atoms with Gasteiger partial charge in [0.25, 0.3) is 5.91 Å². The number of nitrogens with zero attached hydrogens (tertiary/aromatic N) is 2. The van der Waals surface area contributed by atoms with Crippen LogP contribution in [0.2, 0.25) is 0 Å². The number of carbonyl (C=O) groups is 2. The minimum atomic E-state index is -0.594. The molecule has 6 nitrogen and oxygen atoms in total. The normalized spacial score (nSPS) is 21.8. The van der Waals surface area contributed by atoms with Gasteiger partial charge in [-0.05, 0) is 50.5 Å². The highest BCUT2D eigenvalue weighted by molar-refractivity contribution is 5.94. The predicted molar refractivity (Wildman–Crippen MR) is 104 cm³/mol. The summed E-state index contributed by atoms with van der Waals surface area (Å²) < 4.78 is 24.8. The molecule has 2 amide bonds. The smallest absolute Gasteiger partial charge is 0.289 e. The minimum Gasteiger partial charge on any atom is -0.497 e. The van der Waals surface area contributed by atoms with Gasteiger partial charge in [0, 0.05) is 37.3 Å². The number of rotatable bonds is 4. The zero-order chi connectivity index (χ0) is 20.6. The molecule has 0 bridgehead atoms. The van der Waals surface area contributed by atoms with E-state index in [1.165, 1.54) is 19.4 Å². The lowest BCUT2D eigenvalue weighted by atomic mass is 9.78. The van der Waals surface area contributed by atoms with Crippen molar-refractivity contribution < 1.29 is 23.1 Å². The van der Waals surface area contributed by atoms with Crippen molar-refractivity contribution in [2.75, 3.05) is 26.7 Å². The van der Waals surface area contributed by atoms with E-state index >= 15 is 0 Å². The number of carbonyl (C=O) groups excluding carboxylic acids is 2. The second-order valence-corrected chi connectivity index (χ2v) is 7.98. The summed E-state index contributed by atoms with van der Waals surface area (Å²) in [5.41, 5.74) is 0.636. The molecule has 7 heteroatoms. The highest BCUT2D eigenvalue weighted by atomic mass is 19.1. The average molecular weight is 400 g/mol. The average Bonchev–Trinajstić information content (AvgIpc) is 3.34. The molecule has 2 aliphatic rings. The first-order valence-corrected chi connectivity index (χ1v) is 9.89. The third kappa shape index (κ3) is 3.50. The standard InChI is InChI=1S/C22H25FN2O4/c1-15-6-11-29-19(15)20(26)25-10-8-22(14-25)7-3-9-24(21(22)27)13-16-12-17(28-2)4-5-18(16)23/h4-6,11-12H,3,7-10,13-14H2,1-2H3/t22-/m0/s1. The van der Waals surface area contributed by atoms with Crippen LogP contribution >= 0.6 is 0 Å². The van der Waals surface area contributed by atoms with Gasteiger partial charge in [-0.3, -0.25) is 9.59 Å². The van der Waals surface area contributed by atoms with E-state index in [1.807, 2.05) is 6.92 Å². The molecule has 4 rings (SSSR count). The van der Waals surface area contributed by atoms with Gasteiger partial charge < -0.3 is 19.0 Å². The molecule has 3 heterocycles. The van der Waals surface area contributed by atoms with Gasteiger partial charge in [-0.2, -0.15) is 0 Å². The Kier molecular flexibility index (Phi) is 5.06. The molecule has 0 radical (unpaired) electrons. The fourth-order valence-corrected chi connectivity index (χ4v) is 4.47. The van der Waals surface area contributed by atoms with E-state index in [0.717, 1.165) is 18.4 Å². The Morgan fingerprint density at radius 1 is 1.28 bits per heavy atom. The molecule has 1 aromatic carbocycles. The highest BCUT2D eigenvalue weighted by Crippen LogP contribution is 2.41. The predicted octanol–water partition coefficient (Wildman–Crippen LogP) is 3.39. The minimum absolute atomic E-state index is 0.00237. The number of halogens is 1. The van der Waals surface area contributed by atoms with Crippen molar-refractivity contribution in [2.45, 2.75) is 32.7 Å². The number of aryl methyl sites for hydroxylation is 1. The quantitative estimate of drug-likeness (QED) is 0.789. The second-order valence-electron chi connectivity index (χ2n) is 7.98. The van der Waals surface area contributed by atoms with Crippen molar-refractivity contribution in [1.82, 2.24) is 9.80 Å². The maximum Gasteiger partial charge on any atom is 0.289 e. The summed E-state index contributed by atoms with van der Waals surface area (Å²) in [4.78, 5) is 29.6. The first-order chi connectivity index (χ1) is 13.9. The van der Waals surface area contributed by atoms with Gasteiger partial charge in [-0.25, -0.2) is 4.39 Å². The lowest BCUT2D eigenvalue weighted by molar-refractivity contribution is -0.146. The number of hydrogen-bond donors (Lipinski definition) is 0. The van der Waals surface area contributed by atoms with Crippen LogP contribution in [0.25, 0.3) is 0 Å². The molecule has 1 aromatic heterocycles. The molecule has 1 spiro atoms. The van der Waals surface area contributed by atoms with Gasteiger partial charge in [-0.1, -0.05) is 0 Å². The van der Waals surface area contributed by atoms with Crippen molar-refractivity contribution in [3.05, 3.63) is 53.2 Å². The largest absolute Gasteiger partial charge is 0.497 e. The number of hydrogen-bond acceptors (Lipinski definition) is 4. The Labute approximate surface area is 169 Å². The van der Waals surface area contributed by atoms with Crippen LogP contribution in [0.1, 0.15) is 40.9 Å². The van der Waals surface area contributed by atoms with E-state index in [-0.39, 0.29) is 24.2 Å². The van der Waals surface area contributed by atoms with Crippen molar-refractivity contribution in [3.8, 4) is 5.75 Å². The summed E-state index contributed by atoms with van der Waals surface area (Å²) in [6.07, 6.45) is 3.70. The van der Waals surface area contributed by atoms with Gasteiger partial charge >= 0.3 is 0 Å². The summed E-state index contributed by atoms with van der Waals surface area (Å²) in [5, 5.41) is 0. The Hall–Kier alpha value is -2.83. The number of ether oxygens (including phenoxy) is 1. The Morgan fingerprint density at radius 3 is 2.83 bits per heavy atom. The molecule has 2 aromatic rings. The number of amides is 2. The topological polar surface area (TPSA) is 63.0 Å². The Balaban J connectivity index is 1.50. The van der Waals surface area contributed by atoms with Crippen LogP contribution in [0.5, 0.6) is 5.75 Å². The molecule has 0 saturated carbocycles. The summed E-state index contributed by atoms with van der Waals surface area (Å²) in [6, 6.07) is 6.32. The summed E-state index contributed by atoms with van der Waals surface area (Å²) in [5.74, 6) is 0.368. The van der Waals surface area contributed by atoms with E-state index in [4.69, 9.17) is 9.15 Å². The van der Waals surface area contributed by atoms with E-state index in [0.29, 0.717) is 43.1 Å². The van der Waals surface area contributed by atoms with Crippen LogP contribution in [0.15, 0.2) is 34.9 Å². The molecule has 1 atom stereocenters. The molecular weight excluding hydrogens is 375 g/mol. The number of benzene rings is 1. The molecule has 29 heavy (non-hydrogen) atoms. The number of methoxy groups -OCH3 is 1. The van der Waals surface area contributed by atoms with Crippen LogP contribution in [-0.2, 0) is 11.3 Å². The van der Waals surface area contributed by atoms with Gasteiger partial charge in [0.05, 0.1) is 18.8 Å². The van der Waals surface area contributed by atoms with Crippen molar-refractivity contribution in [1.29, 1.82) is 0 Å². The molecule has 2 aliphatic heterocycles. The molecule has 154 valence electrons. The van der Waals surface area contributed by atoms with Crippen LogP contribution < -0.4 is 4.74 Å². The molecule has 0 aliphatic carbocycles. The molecule has 0 unspecified atom stereocenters. The van der Waals surface area contributed by atoms with Gasteiger partial charge in [-0.15, -0.1) is 0 Å².